The number of aromatic nitrogens is 3. The molecule has 0 saturated heterocycles. The molecule has 0 unspecified atom stereocenters. The second-order valence-electron chi connectivity index (χ2n) is 6.67. The van der Waals surface area contributed by atoms with Gasteiger partial charge in [-0.05, 0) is 42.1 Å². The molecule has 3 heterocycles. The maximum absolute atomic E-state index is 13.6. The van der Waals surface area contributed by atoms with Crippen molar-refractivity contribution in [1.82, 2.24) is 14.3 Å². The molecule has 0 aliphatic rings. The van der Waals surface area contributed by atoms with Gasteiger partial charge < -0.3 is 15.6 Å². The summed E-state index contributed by atoms with van der Waals surface area (Å²) in [6, 6.07) is 9.96. The molecular formula is C20H18FN5O2S. The number of aryl methyl sites for hydroxylation is 2. The van der Waals surface area contributed by atoms with Crippen molar-refractivity contribution in [3.05, 3.63) is 70.2 Å². The molecule has 0 atom stereocenters. The zero-order valence-corrected chi connectivity index (χ0v) is 16.6. The number of nitrogens with one attached hydrogen (secondary N) is 1. The predicted molar refractivity (Wildman–Crippen MR) is 110 cm³/mol. The van der Waals surface area contributed by atoms with Crippen LogP contribution in [0.3, 0.4) is 0 Å². The maximum atomic E-state index is 13.6. The van der Waals surface area contributed by atoms with Gasteiger partial charge in [-0.15, -0.1) is 11.3 Å². The van der Waals surface area contributed by atoms with Crippen LogP contribution in [-0.2, 0) is 13.6 Å². The second kappa shape index (κ2) is 7.17. The van der Waals surface area contributed by atoms with Gasteiger partial charge in [0.05, 0.1) is 21.6 Å². The van der Waals surface area contributed by atoms with Gasteiger partial charge in [-0.3, -0.25) is 14.3 Å². The van der Waals surface area contributed by atoms with Gasteiger partial charge >= 0.3 is 0 Å². The molecule has 3 aromatic heterocycles. The number of carbonyl (C=O) groups excluding carboxylic acids is 2. The lowest BCUT2D eigenvalue weighted by atomic mass is 10.2. The van der Waals surface area contributed by atoms with E-state index in [1.165, 1.54) is 28.2 Å². The number of benzene rings is 1. The Morgan fingerprint density at radius 2 is 2.07 bits per heavy atom. The molecule has 4 rings (SSSR count). The Balaban J connectivity index is 1.74. The van der Waals surface area contributed by atoms with Crippen LogP contribution in [0.1, 0.15) is 32.2 Å². The van der Waals surface area contributed by atoms with Crippen molar-refractivity contribution in [2.24, 2.45) is 12.8 Å². The van der Waals surface area contributed by atoms with Crippen molar-refractivity contribution in [3.63, 3.8) is 0 Å². The number of rotatable bonds is 5. The van der Waals surface area contributed by atoms with Gasteiger partial charge in [0.1, 0.15) is 17.2 Å². The first-order valence-electron chi connectivity index (χ1n) is 8.81. The molecule has 0 bridgehead atoms. The molecular weight excluding hydrogens is 393 g/mol. The summed E-state index contributed by atoms with van der Waals surface area (Å²) in [6.45, 7) is 2.02. The molecule has 0 saturated carbocycles. The monoisotopic (exact) mass is 411 g/mol. The molecule has 7 nitrogen and oxygen atoms in total. The molecule has 0 radical (unpaired) electrons. The number of carbonyl (C=O) groups is 2. The first-order valence-corrected chi connectivity index (χ1v) is 9.69. The van der Waals surface area contributed by atoms with E-state index in [4.69, 9.17) is 5.73 Å². The summed E-state index contributed by atoms with van der Waals surface area (Å²) in [6.07, 6.45) is 0. The molecule has 0 aliphatic heterocycles. The van der Waals surface area contributed by atoms with E-state index in [1.54, 1.807) is 32.2 Å². The summed E-state index contributed by atoms with van der Waals surface area (Å²) >= 11 is 1.51. The van der Waals surface area contributed by atoms with Crippen molar-refractivity contribution in [2.75, 3.05) is 5.32 Å². The molecule has 2 amide bonds. The lowest BCUT2D eigenvalue weighted by molar-refractivity contribution is 0.0992. The minimum Gasteiger partial charge on any atom is -0.364 e. The third-order valence-corrected chi connectivity index (χ3v) is 5.53. The fourth-order valence-electron chi connectivity index (χ4n) is 3.42. The fourth-order valence-corrected chi connectivity index (χ4v) is 4.24. The van der Waals surface area contributed by atoms with Crippen molar-refractivity contribution in [2.45, 2.75) is 13.5 Å². The van der Waals surface area contributed by atoms with Crippen LogP contribution in [0.5, 0.6) is 0 Å². The zero-order chi connectivity index (χ0) is 20.7. The Labute approximate surface area is 169 Å². The third kappa shape index (κ3) is 3.40. The number of nitrogens with two attached hydrogens (primary N) is 1. The highest BCUT2D eigenvalue weighted by Crippen LogP contribution is 2.28. The largest absolute Gasteiger partial charge is 0.364 e. The van der Waals surface area contributed by atoms with E-state index in [9.17, 15) is 14.0 Å². The minimum absolute atomic E-state index is 0.126. The zero-order valence-electron chi connectivity index (χ0n) is 15.8. The molecule has 4 aromatic rings. The van der Waals surface area contributed by atoms with E-state index in [1.807, 2.05) is 16.0 Å². The summed E-state index contributed by atoms with van der Waals surface area (Å²) in [4.78, 5) is 24.9. The fraction of sp³-hybridized carbons (Fsp3) is 0.150. The van der Waals surface area contributed by atoms with Crippen molar-refractivity contribution in [1.29, 1.82) is 0 Å². The number of nitrogens with zero attached hydrogens (tertiary/aromatic N) is 3. The van der Waals surface area contributed by atoms with Crippen LogP contribution < -0.4 is 11.1 Å². The van der Waals surface area contributed by atoms with Crippen molar-refractivity contribution in [3.8, 4) is 0 Å². The van der Waals surface area contributed by atoms with Crippen LogP contribution in [0.15, 0.2) is 41.8 Å². The lowest BCUT2D eigenvalue weighted by Gasteiger charge is -2.11. The van der Waals surface area contributed by atoms with Gasteiger partial charge in [-0.2, -0.15) is 5.10 Å². The van der Waals surface area contributed by atoms with Crippen LogP contribution in [0, 0.1) is 12.7 Å². The Morgan fingerprint density at radius 1 is 1.28 bits per heavy atom. The summed E-state index contributed by atoms with van der Waals surface area (Å²) < 4.78 is 17.7. The number of hydrogen-bond acceptors (Lipinski definition) is 4. The highest BCUT2D eigenvalue weighted by Gasteiger charge is 2.23. The van der Waals surface area contributed by atoms with Gasteiger partial charge in [-0.1, -0.05) is 12.1 Å². The van der Waals surface area contributed by atoms with Gasteiger partial charge in [0.15, 0.2) is 0 Å². The summed E-state index contributed by atoms with van der Waals surface area (Å²) in [7, 11) is 1.59. The minimum atomic E-state index is -0.681. The Bertz CT molecular complexity index is 1250. The number of amides is 2. The van der Waals surface area contributed by atoms with E-state index >= 15 is 0 Å². The van der Waals surface area contributed by atoms with Crippen molar-refractivity contribution < 1.29 is 14.0 Å². The summed E-state index contributed by atoms with van der Waals surface area (Å²) in [5.74, 6) is -1.41. The Hall–Kier alpha value is -3.46. The average Bonchev–Trinajstić information content (AvgIpc) is 3.30. The SMILES string of the molecule is Cc1nn(C)c(C(N)=O)c1NC(=O)c1cc2sccc2n1Cc1cccc(F)c1. The molecule has 9 heteroatoms. The summed E-state index contributed by atoms with van der Waals surface area (Å²) in [5, 5.41) is 8.87. The Kier molecular flexibility index (Phi) is 4.67. The third-order valence-electron chi connectivity index (χ3n) is 4.68. The van der Waals surface area contributed by atoms with Crippen LogP contribution >= 0.6 is 11.3 Å². The van der Waals surface area contributed by atoms with E-state index < -0.39 is 11.8 Å². The number of fused-ring (bicyclic) bond motifs is 1. The van der Waals surface area contributed by atoms with Gasteiger partial charge in [-0.25, -0.2) is 4.39 Å². The molecule has 0 fully saturated rings. The number of anilines is 1. The van der Waals surface area contributed by atoms with Crippen LogP contribution in [0.2, 0.25) is 0 Å². The standard InChI is InChI=1S/C20H18FN5O2S/c1-11-17(18(19(22)27)25(2)24-11)23-20(28)15-9-16-14(6-7-29-16)26(15)10-12-4-3-5-13(21)8-12/h3-9H,10H2,1-2H3,(H2,22,27)(H,23,28). The molecule has 148 valence electrons. The molecule has 3 N–H and O–H groups in total. The second-order valence-corrected chi connectivity index (χ2v) is 7.61. The lowest BCUT2D eigenvalue weighted by Crippen LogP contribution is -2.22. The van der Waals surface area contributed by atoms with Crippen molar-refractivity contribution >= 4 is 39.1 Å². The van der Waals surface area contributed by atoms with Gasteiger partial charge in [0.2, 0.25) is 0 Å². The molecule has 0 aliphatic carbocycles. The molecule has 29 heavy (non-hydrogen) atoms. The van der Waals surface area contributed by atoms with E-state index in [-0.39, 0.29) is 17.2 Å². The number of halogens is 1. The number of thiophene rings is 1. The van der Waals surface area contributed by atoms with Crippen LogP contribution in [-0.4, -0.2) is 26.2 Å². The number of primary amides is 1. The van der Waals surface area contributed by atoms with Gasteiger partial charge in [0, 0.05) is 13.6 Å². The van der Waals surface area contributed by atoms with E-state index in [0.29, 0.717) is 17.9 Å². The van der Waals surface area contributed by atoms with Crippen LogP contribution in [0.25, 0.3) is 10.2 Å². The topological polar surface area (TPSA) is 94.9 Å². The molecule has 0 spiro atoms. The highest BCUT2D eigenvalue weighted by atomic mass is 32.1. The predicted octanol–water partition coefficient (Wildman–Crippen LogP) is 3.28. The Morgan fingerprint density at radius 3 is 2.79 bits per heavy atom. The normalized spacial score (nSPS) is 11.1. The quantitative estimate of drug-likeness (QED) is 0.528. The first kappa shape index (κ1) is 18.9. The van der Waals surface area contributed by atoms with E-state index in [0.717, 1.165) is 15.8 Å². The highest BCUT2D eigenvalue weighted by molar-refractivity contribution is 7.17. The average molecular weight is 411 g/mol. The summed E-state index contributed by atoms with van der Waals surface area (Å²) in [5.41, 5.74) is 8.35. The number of hydrogen-bond donors (Lipinski definition) is 2. The van der Waals surface area contributed by atoms with Gasteiger partial charge in [0.25, 0.3) is 11.8 Å². The maximum Gasteiger partial charge on any atom is 0.272 e. The van der Waals surface area contributed by atoms with E-state index in [2.05, 4.69) is 10.4 Å². The van der Waals surface area contributed by atoms with Crippen LogP contribution in [0.4, 0.5) is 10.1 Å². The molecule has 1 aromatic carbocycles. The first-order chi connectivity index (χ1) is 13.8. The smallest absolute Gasteiger partial charge is 0.272 e.